The molecule has 268 valence electrons. The molecule has 6 aromatic carbocycles. The highest BCUT2D eigenvalue weighted by atomic mass is 32.3. The number of rotatable bonds is 6. The molecule has 0 saturated carbocycles. The molecule has 1 heterocycles. The zero-order chi connectivity index (χ0) is 38.0. The first-order valence-corrected chi connectivity index (χ1v) is 19.3. The van der Waals surface area contributed by atoms with Crippen LogP contribution in [0.15, 0.2) is 77.5 Å². The van der Waals surface area contributed by atoms with Gasteiger partial charge in [0.25, 0.3) is 20.2 Å². The molecule has 52 heavy (non-hydrogen) atoms. The lowest BCUT2D eigenvalue weighted by atomic mass is 9.98. The molecule has 0 aliphatic carbocycles. The highest BCUT2D eigenvalue weighted by molar-refractivity contribution is 7.89. The van der Waals surface area contributed by atoms with Gasteiger partial charge in [-0.1, -0.05) is 24.3 Å². The molecular weight excluding hydrogens is 781 g/mol. The van der Waals surface area contributed by atoms with Crippen LogP contribution in [0.2, 0.25) is 0 Å². The summed E-state index contributed by atoms with van der Waals surface area (Å²) in [5.41, 5.74) is -4.87. The molecule has 0 aliphatic rings. The van der Waals surface area contributed by atoms with Crippen LogP contribution in [0.5, 0.6) is 11.5 Å². The number of fused-ring (bicyclic) bond motifs is 8. The van der Waals surface area contributed by atoms with E-state index in [4.69, 9.17) is 0 Å². The quantitative estimate of drug-likeness (QED) is 0.0776. The zero-order valence-corrected chi connectivity index (χ0v) is 28.0. The number of hydrogen-bond acceptors (Lipinski definition) is 14. The van der Waals surface area contributed by atoms with Gasteiger partial charge in [0.2, 0.25) is 11.5 Å². The van der Waals surface area contributed by atoms with Gasteiger partial charge in [-0.3, -0.25) is 37.4 Å². The molecule has 1 aromatic heterocycles. The molecule has 0 fully saturated rings. The monoisotopic (exact) mass is 794 g/mol. The predicted molar refractivity (Wildman–Crippen MR) is 180 cm³/mol. The maximum Gasteiger partial charge on any atom is 0.446 e. The fraction of sp³-hybridized carbons (Fsp3) is 0. The smallest absolute Gasteiger partial charge is 0.357 e. The van der Waals surface area contributed by atoms with Crippen molar-refractivity contribution >= 4 is 106 Å². The molecule has 0 unspecified atom stereocenters. The minimum atomic E-state index is -6.29. The largest absolute Gasteiger partial charge is 0.446 e. The molecule has 20 nitrogen and oxygen atoms in total. The molecule has 0 radical (unpaired) electrons. The molecule has 0 saturated heterocycles. The SMILES string of the molecule is O=c1c2ccccc2c(=O)c2c1ccc1[nH]c3c(ccc4c(=O)c5c(OS(=O)(=O)O)c(OS(=O)(=O)O)c(S(=O)(=O)O)c(S(=O)(=O)O)c5c(=O)c43)[nH]c12. The standard InChI is InChI=1S/C28H14N2O18S4/c31-21-9-3-1-2-4-10(9)22(32)15-11(21)5-7-13-19(15)29-14-8-6-12-16(20(14)30-13)24(34)18-17(23(12)33)25(47-51(41,42)43)26(48-52(44,45)46)28(50(38,39)40)27(18)49(35,36)37/h1-8,29-30H,(H,35,36,37)(H,38,39,40)(H,41,42,43)(H,44,45,46). The molecule has 6 N–H and O–H groups in total. The molecular formula is C28H14N2O18S4. The maximum absolute atomic E-state index is 14.3. The van der Waals surface area contributed by atoms with E-state index in [0.717, 1.165) is 12.1 Å². The Kier molecular flexibility index (Phi) is 7.34. The van der Waals surface area contributed by atoms with Crippen molar-refractivity contribution in [2.24, 2.45) is 0 Å². The summed E-state index contributed by atoms with van der Waals surface area (Å²) in [6, 6.07) is 10.6. The lowest BCUT2D eigenvalue weighted by Gasteiger charge is -2.17. The van der Waals surface area contributed by atoms with Gasteiger partial charge in [0.15, 0.2) is 26.6 Å². The Morgan fingerprint density at radius 1 is 0.442 bits per heavy atom. The number of hydrogen-bond donors (Lipinski definition) is 6. The van der Waals surface area contributed by atoms with Crippen molar-refractivity contribution in [2.75, 3.05) is 0 Å². The Hall–Kier alpha value is -5.60. The summed E-state index contributed by atoms with van der Waals surface area (Å²) >= 11 is 0. The topological polar surface area (TPSA) is 336 Å². The Bertz CT molecular complexity index is 3540. The maximum atomic E-state index is 14.3. The van der Waals surface area contributed by atoms with E-state index in [9.17, 15) is 71.1 Å². The van der Waals surface area contributed by atoms with Crippen molar-refractivity contribution in [2.45, 2.75) is 9.79 Å². The summed E-state index contributed by atoms with van der Waals surface area (Å²) in [4.78, 5) is 56.2. The van der Waals surface area contributed by atoms with Gasteiger partial charge in [-0.2, -0.15) is 33.7 Å². The molecule has 0 amide bonds. The summed E-state index contributed by atoms with van der Waals surface area (Å²) < 4.78 is 145. The molecule has 7 rings (SSSR count). The number of aromatic nitrogens is 2. The van der Waals surface area contributed by atoms with Crippen molar-refractivity contribution < 1.29 is 60.2 Å². The van der Waals surface area contributed by atoms with Crippen LogP contribution in [0.1, 0.15) is 0 Å². The normalized spacial score (nSPS) is 13.2. The number of nitrogens with one attached hydrogen (secondary N) is 2. The Morgan fingerprint density at radius 2 is 0.865 bits per heavy atom. The van der Waals surface area contributed by atoms with E-state index in [0.29, 0.717) is 0 Å². The number of aromatic amines is 2. The average molecular weight is 795 g/mol. The van der Waals surface area contributed by atoms with E-state index in [-0.39, 0.29) is 43.6 Å². The van der Waals surface area contributed by atoms with Crippen LogP contribution in [-0.2, 0) is 41.0 Å². The first-order chi connectivity index (χ1) is 24.0. The third kappa shape index (κ3) is 5.32. The summed E-state index contributed by atoms with van der Waals surface area (Å²) in [6.07, 6.45) is 0. The summed E-state index contributed by atoms with van der Waals surface area (Å²) in [5.74, 6) is -4.31. The first kappa shape index (κ1) is 34.8. The van der Waals surface area contributed by atoms with Crippen LogP contribution in [0, 0.1) is 0 Å². The number of H-pyrrole nitrogens is 2. The fourth-order valence-electron chi connectivity index (χ4n) is 6.15. The van der Waals surface area contributed by atoms with Crippen molar-refractivity contribution in [3.05, 3.63) is 89.4 Å². The zero-order valence-electron chi connectivity index (χ0n) is 24.8. The second kappa shape index (κ2) is 11.0. The minimum Gasteiger partial charge on any atom is -0.357 e. The highest BCUT2D eigenvalue weighted by Gasteiger charge is 2.40. The minimum absolute atomic E-state index is 0.00293. The Labute approximate surface area is 286 Å². The summed E-state index contributed by atoms with van der Waals surface area (Å²) in [5, 5.41) is -4.76. The van der Waals surface area contributed by atoms with Gasteiger partial charge in [0.1, 0.15) is 4.90 Å². The van der Waals surface area contributed by atoms with E-state index in [1.807, 2.05) is 0 Å². The second-order valence-electron chi connectivity index (χ2n) is 11.0. The van der Waals surface area contributed by atoms with Crippen molar-refractivity contribution in [1.82, 2.24) is 9.97 Å². The van der Waals surface area contributed by atoms with Gasteiger partial charge < -0.3 is 18.3 Å². The van der Waals surface area contributed by atoms with Crippen LogP contribution in [-0.4, -0.2) is 61.9 Å². The van der Waals surface area contributed by atoms with Crippen molar-refractivity contribution in [3.8, 4) is 11.5 Å². The van der Waals surface area contributed by atoms with Crippen LogP contribution in [0.25, 0.3) is 65.2 Å². The van der Waals surface area contributed by atoms with Crippen molar-refractivity contribution in [1.29, 1.82) is 0 Å². The Morgan fingerprint density at radius 3 is 1.35 bits per heavy atom. The van der Waals surface area contributed by atoms with Crippen LogP contribution >= 0.6 is 0 Å². The lowest BCUT2D eigenvalue weighted by Crippen LogP contribution is -2.23. The van der Waals surface area contributed by atoms with Gasteiger partial charge in [-0.25, -0.2) is 0 Å². The van der Waals surface area contributed by atoms with Crippen molar-refractivity contribution in [3.63, 3.8) is 0 Å². The first-order valence-electron chi connectivity index (χ1n) is 13.7. The van der Waals surface area contributed by atoms with Gasteiger partial charge >= 0.3 is 20.8 Å². The number of benzene rings is 6. The molecule has 0 atom stereocenters. The van der Waals surface area contributed by atoms with Gasteiger partial charge in [-0.05, 0) is 24.3 Å². The average Bonchev–Trinajstić information content (AvgIpc) is 3.02. The molecule has 0 spiro atoms. The predicted octanol–water partition coefficient (Wildman–Crippen LogP) is 0.997. The molecule has 24 heteroatoms. The van der Waals surface area contributed by atoms with Gasteiger partial charge in [0.05, 0.1) is 43.6 Å². The molecule has 0 bridgehead atoms. The van der Waals surface area contributed by atoms with Gasteiger partial charge in [-0.15, -0.1) is 0 Å². The fourth-order valence-corrected chi connectivity index (χ4v) is 9.06. The highest BCUT2D eigenvalue weighted by Crippen LogP contribution is 2.46. The third-order valence-corrected chi connectivity index (χ3v) is 10.7. The van der Waals surface area contributed by atoms with E-state index >= 15 is 0 Å². The molecule has 7 aromatic rings. The van der Waals surface area contributed by atoms with E-state index in [1.54, 1.807) is 6.07 Å². The summed E-state index contributed by atoms with van der Waals surface area (Å²) in [6.45, 7) is 0. The lowest BCUT2D eigenvalue weighted by molar-refractivity contribution is 0.356. The van der Waals surface area contributed by atoms with Crippen LogP contribution < -0.4 is 30.1 Å². The van der Waals surface area contributed by atoms with Crippen LogP contribution in [0.4, 0.5) is 0 Å². The van der Waals surface area contributed by atoms with Gasteiger partial charge in [0, 0.05) is 21.5 Å². The second-order valence-corrected chi connectivity index (χ2v) is 15.7. The molecule has 0 aliphatic heterocycles. The summed E-state index contributed by atoms with van der Waals surface area (Å²) in [7, 11) is -24.5. The van der Waals surface area contributed by atoms with E-state index in [1.165, 1.54) is 30.3 Å². The van der Waals surface area contributed by atoms with Crippen LogP contribution in [0.3, 0.4) is 0 Å². The van der Waals surface area contributed by atoms with E-state index < -0.39 is 106 Å². The Balaban J connectivity index is 1.77. The third-order valence-electron chi connectivity index (χ3n) is 7.96. The van der Waals surface area contributed by atoms with E-state index in [2.05, 4.69) is 18.3 Å².